The van der Waals surface area contributed by atoms with Gasteiger partial charge < -0.3 is 9.84 Å². The van der Waals surface area contributed by atoms with E-state index in [1.54, 1.807) is 20.8 Å². The van der Waals surface area contributed by atoms with Gasteiger partial charge in [-0.25, -0.2) is 0 Å². The van der Waals surface area contributed by atoms with Crippen LogP contribution in [0.1, 0.15) is 34.1 Å². The zero-order valence-corrected chi connectivity index (χ0v) is 8.26. The molecule has 0 aliphatic rings. The third-order valence-electron chi connectivity index (χ3n) is 1.49. The maximum Gasteiger partial charge on any atom is 0.311 e. The minimum absolute atomic E-state index is 0.104. The topological polar surface area (TPSA) is 46.5 Å². The highest BCUT2D eigenvalue weighted by Gasteiger charge is 2.23. The third kappa shape index (κ3) is 4.34. The average Bonchev–Trinajstić information content (AvgIpc) is 1.97. The van der Waals surface area contributed by atoms with E-state index in [4.69, 9.17) is 9.84 Å². The zero-order valence-electron chi connectivity index (χ0n) is 8.26. The first-order valence-corrected chi connectivity index (χ1v) is 4.23. The number of carbonyl (C=O) groups excluding carboxylic acids is 1. The van der Waals surface area contributed by atoms with Gasteiger partial charge in [-0.05, 0) is 27.2 Å². The summed E-state index contributed by atoms with van der Waals surface area (Å²) < 4.78 is 4.87. The molecule has 0 spiro atoms. The summed E-state index contributed by atoms with van der Waals surface area (Å²) in [5.41, 5.74) is -0.479. The Morgan fingerprint density at radius 2 is 2.00 bits per heavy atom. The molecule has 0 amide bonds. The lowest BCUT2D eigenvalue weighted by atomic mass is 9.97. The van der Waals surface area contributed by atoms with E-state index < -0.39 is 11.5 Å². The van der Waals surface area contributed by atoms with Crippen molar-refractivity contribution in [1.82, 2.24) is 0 Å². The number of hydrogen-bond donors (Lipinski definition) is 1. The lowest BCUT2D eigenvalue weighted by Gasteiger charge is -2.17. The minimum atomic E-state index is -0.531. The van der Waals surface area contributed by atoms with E-state index in [0.717, 1.165) is 0 Å². The first-order valence-electron chi connectivity index (χ1n) is 4.23. The summed E-state index contributed by atoms with van der Waals surface area (Å²) in [7, 11) is 0. The number of aliphatic hydroxyl groups excluding tert-OH is 1. The maximum atomic E-state index is 11.2. The molecule has 0 aliphatic carbocycles. The molecule has 72 valence electrons. The highest BCUT2D eigenvalue weighted by Crippen LogP contribution is 2.15. The smallest absolute Gasteiger partial charge is 0.311 e. The molecule has 0 saturated carbocycles. The molecule has 1 atom stereocenters. The Hall–Kier alpha value is -0.570. The van der Waals surface area contributed by atoms with Crippen molar-refractivity contribution in [2.75, 3.05) is 6.61 Å². The first-order chi connectivity index (χ1) is 5.38. The molecule has 1 unspecified atom stereocenters. The lowest BCUT2D eigenvalue weighted by molar-refractivity contribution is -0.155. The number of aliphatic hydroxyl groups is 1. The number of esters is 1. The predicted octanol–water partition coefficient (Wildman–Crippen LogP) is 1.35. The minimum Gasteiger partial charge on any atom is -0.463 e. The Labute approximate surface area is 73.7 Å². The second-order valence-electron chi connectivity index (χ2n) is 3.91. The van der Waals surface area contributed by atoms with Gasteiger partial charge in [-0.1, -0.05) is 6.92 Å². The second-order valence-corrected chi connectivity index (χ2v) is 3.91. The summed E-state index contributed by atoms with van der Waals surface area (Å²) in [6.45, 7) is 7.30. The molecule has 0 bridgehead atoms. The van der Waals surface area contributed by atoms with Gasteiger partial charge in [0.05, 0.1) is 11.5 Å². The molecule has 0 aliphatic heterocycles. The Balaban J connectivity index is 3.73. The van der Waals surface area contributed by atoms with E-state index in [-0.39, 0.29) is 12.6 Å². The molecule has 0 aromatic heterocycles. The van der Waals surface area contributed by atoms with Crippen LogP contribution in [0.15, 0.2) is 0 Å². The zero-order chi connectivity index (χ0) is 9.78. The molecule has 0 rings (SSSR count). The number of hydrogen-bond acceptors (Lipinski definition) is 3. The van der Waals surface area contributed by atoms with Crippen molar-refractivity contribution >= 4 is 5.97 Å². The Morgan fingerprint density at radius 3 is 2.33 bits per heavy atom. The van der Waals surface area contributed by atoms with E-state index in [1.807, 2.05) is 6.92 Å². The van der Waals surface area contributed by atoms with Crippen molar-refractivity contribution in [1.29, 1.82) is 0 Å². The van der Waals surface area contributed by atoms with Gasteiger partial charge in [-0.2, -0.15) is 0 Å². The van der Waals surface area contributed by atoms with Crippen LogP contribution < -0.4 is 0 Å². The third-order valence-corrected chi connectivity index (χ3v) is 1.49. The fourth-order valence-electron chi connectivity index (χ4n) is 0.506. The lowest BCUT2D eigenvalue weighted by Crippen LogP contribution is -2.26. The van der Waals surface area contributed by atoms with Crippen LogP contribution in [0, 0.1) is 5.41 Å². The van der Waals surface area contributed by atoms with Crippen LogP contribution in [0.3, 0.4) is 0 Å². The molecule has 3 nitrogen and oxygen atoms in total. The molecule has 0 saturated heterocycles. The van der Waals surface area contributed by atoms with Crippen LogP contribution in [0.25, 0.3) is 0 Å². The van der Waals surface area contributed by atoms with Crippen molar-refractivity contribution in [3.05, 3.63) is 0 Å². The summed E-state index contributed by atoms with van der Waals surface area (Å²) >= 11 is 0. The van der Waals surface area contributed by atoms with Crippen LogP contribution in [-0.4, -0.2) is 23.8 Å². The molecule has 1 N–H and O–H groups in total. The fraction of sp³-hybridized carbons (Fsp3) is 0.889. The van der Waals surface area contributed by atoms with Crippen LogP contribution in [-0.2, 0) is 9.53 Å². The van der Waals surface area contributed by atoms with Gasteiger partial charge in [-0.3, -0.25) is 4.79 Å². The van der Waals surface area contributed by atoms with Crippen molar-refractivity contribution in [2.45, 2.75) is 40.2 Å². The van der Waals surface area contributed by atoms with Crippen LogP contribution >= 0.6 is 0 Å². The van der Waals surface area contributed by atoms with Crippen molar-refractivity contribution in [3.63, 3.8) is 0 Å². The summed E-state index contributed by atoms with van der Waals surface area (Å²) in [5.74, 6) is -0.269. The molecule has 3 heteroatoms. The molecule has 0 radical (unpaired) electrons. The van der Waals surface area contributed by atoms with E-state index in [0.29, 0.717) is 6.42 Å². The Bertz CT molecular complexity index is 146. The number of rotatable bonds is 3. The van der Waals surface area contributed by atoms with Gasteiger partial charge in [0.1, 0.15) is 6.61 Å². The summed E-state index contributed by atoms with van der Waals surface area (Å²) in [6, 6.07) is 0. The van der Waals surface area contributed by atoms with E-state index in [9.17, 15) is 4.79 Å². The normalized spacial score (nSPS) is 14.1. The Morgan fingerprint density at radius 1 is 1.50 bits per heavy atom. The van der Waals surface area contributed by atoms with E-state index in [1.165, 1.54) is 0 Å². The van der Waals surface area contributed by atoms with Crippen LogP contribution in [0.5, 0.6) is 0 Å². The van der Waals surface area contributed by atoms with Gasteiger partial charge in [0.25, 0.3) is 0 Å². The van der Waals surface area contributed by atoms with Gasteiger partial charge in [0.2, 0.25) is 0 Å². The van der Waals surface area contributed by atoms with Gasteiger partial charge >= 0.3 is 5.97 Å². The average molecular weight is 174 g/mol. The van der Waals surface area contributed by atoms with Gasteiger partial charge in [0, 0.05) is 0 Å². The summed E-state index contributed by atoms with van der Waals surface area (Å²) in [6.07, 6.45) is 0.0774. The molecule has 0 aromatic carbocycles. The largest absolute Gasteiger partial charge is 0.463 e. The van der Waals surface area contributed by atoms with Crippen molar-refractivity contribution < 1.29 is 14.6 Å². The Kier molecular flexibility index (Phi) is 4.24. The molecule has 0 fully saturated rings. The first kappa shape index (κ1) is 11.4. The highest BCUT2D eigenvalue weighted by atomic mass is 16.5. The quantitative estimate of drug-likeness (QED) is 0.657. The van der Waals surface area contributed by atoms with Crippen molar-refractivity contribution in [3.8, 4) is 0 Å². The second kappa shape index (κ2) is 4.45. The fourth-order valence-corrected chi connectivity index (χ4v) is 0.506. The molecule has 0 heterocycles. The van der Waals surface area contributed by atoms with Crippen LogP contribution in [0.2, 0.25) is 0 Å². The number of carbonyl (C=O) groups is 1. The summed E-state index contributed by atoms with van der Waals surface area (Å²) in [4.78, 5) is 11.2. The number of ether oxygens (including phenoxy) is 1. The SMILES string of the molecule is CCC(O)COC(=O)C(C)(C)C. The predicted molar refractivity (Wildman–Crippen MR) is 46.7 cm³/mol. The van der Waals surface area contributed by atoms with E-state index in [2.05, 4.69) is 0 Å². The standard InChI is InChI=1S/C9H18O3/c1-5-7(10)6-12-8(11)9(2,3)4/h7,10H,5-6H2,1-4H3. The molecule has 0 aromatic rings. The van der Waals surface area contributed by atoms with E-state index >= 15 is 0 Å². The van der Waals surface area contributed by atoms with Gasteiger partial charge in [-0.15, -0.1) is 0 Å². The maximum absolute atomic E-state index is 11.2. The molecule has 12 heavy (non-hydrogen) atoms. The monoisotopic (exact) mass is 174 g/mol. The molecular formula is C9H18O3. The molecular weight excluding hydrogens is 156 g/mol. The highest BCUT2D eigenvalue weighted by molar-refractivity contribution is 5.75. The van der Waals surface area contributed by atoms with Crippen LogP contribution in [0.4, 0.5) is 0 Å². The summed E-state index contributed by atoms with van der Waals surface area (Å²) in [5, 5.41) is 9.10. The van der Waals surface area contributed by atoms with Gasteiger partial charge in [0.15, 0.2) is 0 Å². The van der Waals surface area contributed by atoms with Crippen molar-refractivity contribution in [2.24, 2.45) is 5.41 Å².